The number of ketones is 1. The van der Waals surface area contributed by atoms with E-state index in [1.54, 1.807) is 0 Å². The molecule has 3 unspecified atom stereocenters. The summed E-state index contributed by atoms with van der Waals surface area (Å²) in [5.74, 6) is 0.462. The van der Waals surface area contributed by atoms with Crippen molar-refractivity contribution in [1.29, 1.82) is 0 Å². The molecule has 0 bridgehead atoms. The molecule has 3 nitrogen and oxygen atoms in total. The molecule has 1 rings (SSSR count). The van der Waals surface area contributed by atoms with Crippen LogP contribution >= 0.6 is 0 Å². The van der Waals surface area contributed by atoms with Crippen LogP contribution in [0.4, 0.5) is 0 Å². The summed E-state index contributed by atoms with van der Waals surface area (Å²) < 4.78 is 0. The van der Waals surface area contributed by atoms with E-state index in [0.29, 0.717) is 6.42 Å². The van der Waals surface area contributed by atoms with Gasteiger partial charge in [-0.1, -0.05) is 6.92 Å². The van der Waals surface area contributed by atoms with Crippen molar-refractivity contribution in [2.75, 3.05) is 6.61 Å². The molecule has 12 heavy (non-hydrogen) atoms. The minimum absolute atomic E-state index is 0.0601. The van der Waals surface area contributed by atoms with Gasteiger partial charge in [0.15, 0.2) is 0 Å². The molecular weight excluding hydrogens is 156 g/mol. The highest BCUT2D eigenvalue weighted by atomic mass is 16.3. The summed E-state index contributed by atoms with van der Waals surface area (Å²) in [6.45, 7) is 1.70. The molecule has 2 N–H and O–H groups in total. The molecule has 1 aliphatic carbocycles. The Labute approximate surface area is 72.4 Å². The van der Waals surface area contributed by atoms with Crippen molar-refractivity contribution in [2.45, 2.75) is 32.3 Å². The van der Waals surface area contributed by atoms with Gasteiger partial charge < -0.3 is 10.2 Å². The van der Waals surface area contributed by atoms with Gasteiger partial charge in [-0.15, -0.1) is 0 Å². The fraction of sp³-hybridized carbons (Fsp3) is 0.889. The first-order valence-electron chi connectivity index (χ1n) is 4.46. The second-order valence-electron chi connectivity index (χ2n) is 3.65. The highest BCUT2D eigenvalue weighted by Crippen LogP contribution is 2.28. The molecule has 0 saturated heterocycles. The van der Waals surface area contributed by atoms with Crippen LogP contribution in [0.15, 0.2) is 0 Å². The van der Waals surface area contributed by atoms with Gasteiger partial charge >= 0.3 is 0 Å². The maximum atomic E-state index is 11.1. The molecule has 0 amide bonds. The zero-order valence-corrected chi connectivity index (χ0v) is 7.36. The van der Waals surface area contributed by atoms with E-state index >= 15 is 0 Å². The zero-order valence-electron chi connectivity index (χ0n) is 7.36. The lowest BCUT2D eigenvalue weighted by molar-refractivity contribution is -0.126. The quantitative estimate of drug-likeness (QED) is 0.631. The smallest absolute Gasteiger partial charge is 0.135 e. The molecule has 3 atom stereocenters. The first-order valence-corrected chi connectivity index (χ1v) is 4.46. The second-order valence-corrected chi connectivity index (χ2v) is 3.65. The summed E-state index contributed by atoms with van der Waals surface area (Å²) in [4.78, 5) is 11.1. The summed E-state index contributed by atoms with van der Waals surface area (Å²) >= 11 is 0. The summed E-state index contributed by atoms with van der Waals surface area (Å²) in [5.41, 5.74) is 0. The van der Waals surface area contributed by atoms with Crippen LogP contribution in [-0.2, 0) is 4.79 Å². The fourth-order valence-electron chi connectivity index (χ4n) is 1.78. The molecule has 0 aromatic heterocycles. The molecular formula is C9H16O3. The van der Waals surface area contributed by atoms with Gasteiger partial charge in [-0.25, -0.2) is 0 Å². The van der Waals surface area contributed by atoms with Crippen LogP contribution in [-0.4, -0.2) is 28.7 Å². The number of Topliss-reactive ketones (excluding diaryl/α,β-unsaturated/α-hetero) is 1. The number of hydrogen-bond donors (Lipinski definition) is 2. The summed E-state index contributed by atoms with van der Waals surface area (Å²) in [6, 6.07) is 0. The van der Waals surface area contributed by atoms with Crippen LogP contribution in [0.1, 0.15) is 26.2 Å². The van der Waals surface area contributed by atoms with Gasteiger partial charge in [0.25, 0.3) is 0 Å². The Morgan fingerprint density at radius 3 is 2.83 bits per heavy atom. The van der Waals surface area contributed by atoms with E-state index < -0.39 is 6.10 Å². The molecule has 1 fully saturated rings. The average Bonchev–Trinajstić information content (AvgIpc) is 2.08. The fourth-order valence-corrected chi connectivity index (χ4v) is 1.78. The second kappa shape index (κ2) is 4.01. The lowest BCUT2D eigenvalue weighted by atomic mass is 9.79. The molecule has 0 aromatic rings. The van der Waals surface area contributed by atoms with Crippen LogP contribution < -0.4 is 0 Å². The van der Waals surface area contributed by atoms with Gasteiger partial charge in [0.1, 0.15) is 5.78 Å². The predicted octanol–water partition coefficient (Wildman–Crippen LogP) is 0.345. The Balaban J connectivity index is 2.45. The summed E-state index contributed by atoms with van der Waals surface area (Å²) in [6.07, 6.45) is 1.37. The van der Waals surface area contributed by atoms with E-state index in [2.05, 4.69) is 0 Å². The Morgan fingerprint density at radius 1 is 1.67 bits per heavy atom. The van der Waals surface area contributed by atoms with E-state index in [4.69, 9.17) is 5.11 Å². The third-order valence-corrected chi connectivity index (χ3v) is 2.70. The Hall–Kier alpha value is -0.410. The lowest BCUT2D eigenvalue weighted by Crippen LogP contribution is -2.32. The highest BCUT2D eigenvalue weighted by Gasteiger charge is 2.29. The number of hydrogen-bond acceptors (Lipinski definition) is 3. The topological polar surface area (TPSA) is 57.5 Å². The minimum Gasteiger partial charge on any atom is -0.394 e. The van der Waals surface area contributed by atoms with E-state index in [1.807, 2.05) is 6.92 Å². The molecule has 1 aliphatic rings. The highest BCUT2D eigenvalue weighted by molar-refractivity contribution is 5.81. The molecule has 70 valence electrons. The maximum Gasteiger partial charge on any atom is 0.135 e. The Bertz CT molecular complexity index is 167. The number of carbonyl (C=O) groups excluding carboxylic acids is 1. The normalized spacial score (nSPS) is 33.4. The minimum atomic E-state index is -0.638. The van der Waals surface area contributed by atoms with Gasteiger partial charge in [0, 0.05) is 12.3 Å². The zero-order chi connectivity index (χ0) is 9.14. The number of carbonyl (C=O) groups is 1. The monoisotopic (exact) mass is 172 g/mol. The summed E-state index contributed by atoms with van der Waals surface area (Å²) in [5, 5.41) is 18.0. The first-order chi connectivity index (χ1) is 5.65. The van der Waals surface area contributed by atoms with Crippen molar-refractivity contribution < 1.29 is 15.0 Å². The van der Waals surface area contributed by atoms with Gasteiger partial charge in [0.05, 0.1) is 12.7 Å². The van der Waals surface area contributed by atoms with E-state index in [1.165, 1.54) is 0 Å². The molecule has 0 aromatic carbocycles. The molecule has 0 spiro atoms. The van der Waals surface area contributed by atoms with Crippen LogP contribution in [0.5, 0.6) is 0 Å². The SMILES string of the molecule is CC1CC(C(O)CO)CCC1=O. The van der Waals surface area contributed by atoms with Crippen molar-refractivity contribution in [3.8, 4) is 0 Å². The van der Waals surface area contributed by atoms with Crippen molar-refractivity contribution in [2.24, 2.45) is 11.8 Å². The largest absolute Gasteiger partial charge is 0.394 e. The van der Waals surface area contributed by atoms with Crippen LogP contribution in [0.2, 0.25) is 0 Å². The third-order valence-electron chi connectivity index (χ3n) is 2.70. The molecule has 3 heteroatoms. The van der Waals surface area contributed by atoms with E-state index in [-0.39, 0.29) is 24.2 Å². The third kappa shape index (κ3) is 2.05. The van der Waals surface area contributed by atoms with Gasteiger partial charge in [-0.05, 0) is 18.8 Å². The van der Waals surface area contributed by atoms with E-state index in [0.717, 1.165) is 12.8 Å². The molecule has 0 radical (unpaired) electrons. The average molecular weight is 172 g/mol. The predicted molar refractivity (Wildman–Crippen MR) is 44.6 cm³/mol. The van der Waals surface area contributed by atoms with Crippen LogP contribution in [0.3, 0.4) is 0 Å². The van der Waals surface area contributed by atoms with Gasteiger partial charge in [0.2, 0.25) is 0 Å². The number of rotatable bonds is 2. The van der Waals surface area contributed by atoms with Crippen LogP contribution in [0.25, 0.3) is 0 Å². The lowest BCUT2D eigenvalue weighted by Gasteiger charge is -2.28. The van der Waals surface area contributed by atoms with Crippen LogP contribution in [0, 0.1) is 11.8 Å². The molecule has 1 saturated carbocycles. The summed E-state index contributed by atoms with van der Waals surface area (Å²) in [7, 11) is 0. The standard InChI is InChI=1S/C9H16O3/c1-6-4-7(9(12)5-10)2-3-8(6)11/h6-7,9-10,12H,2-5H2,1H3. The Morgan fingerprint density at radius 2 is 2.33 bits per heavy atom. The number of aliphatic hydroxyl groups is 2. The first kappa shape index (κ1) is 9.68. The van der Waals surface area contributed by atoms with E-state index in [9.17, 15) is 9.90 Å². The van der Waals surface area contributed by atoms with Crippen molar-refractivity contribution >= 4 is 5.78 Å². The van der Waals surface area contributed by atoms with Crippen molar-refractivity contribution in [3.05, 3.63) is 0 Å². The molecule has 0 heterocycles. The Kier molecular flexibility index (Phi) is 3.23. The maximum absolute atomic E-state index is 11.1. The van der Waals surface area contributed by atoms with Gasteiger partial charge in [-0.3, -0.25) is 4.79 Å². The number of aliphatic hydroxyl groups excluding tert-OH is 2. The molecule has 0 aliphatic heterocycles. The van der Waals surface area contributed by atoms with Crippen molar-refractivity contribution in [3.63, 3.8) is 0 Å². The van der Waals surface area contributed by atoms with Crippen molar-refractivity contribution in [1.82, 2.24) is 0 Å². The van der Waals surface area contributed by atoms with Gasteiger partial charge in [-0.2, -0.15) is 0 Å².